The zero-order chi connectivity index (χ0) is 18.0. The summed E-state index contributed by atoms with van der Waals surface area (Å²) in [6, 6.07) is 3.02. The molecular weight excluding hydrogens is 342 g/mol. The zero-order valence-corrected chi connectivity index (χ0v) is 15.4. The number of anilines is 1. The third kappa shape index (κ3) is 3.92. The molecule has 1 aliphatic rings. The van der Waals surface area contributed by atoms with Crippen LogP contribution in [0.25, 0.3) is 0 Å². The van der Waals surface area contributed by atoms with E-state index in [-0.39, 0.29) is 18.0 Å². The molecule has 1 N–H and O–H groups in total. The SMILES string of the molecule is Cc1nc(Cl)ccc1NC(=O)N1CCCC[C@@H]1c1nc(C(C)C)no1. The van der Waals surface area contributed by atoms with Gasteiger partial charge in [-0.25, -0.2) is 9.78 Å². The molecule has 2 amide bonds. The Morgan fingerprint density at radius 3 is 2.84 bits per heavy atom. The zero-order valence-electron chi connectivity index (χ0n) is 14.6. The fraction of sp³-hybridized carbons (Fsp3) is 0.529. The number of carbonyl (C=O) groups excluding carboxylic acids is 1. The first-order chi connectivity index (χ1) is 12.0. The smallest absolute Gasteiger partial charge is 0.322 e. The van der Waals surface area contributed by atoms with Crippen LogP contribution in [0.15, 0.2) is 16.7 Å². The average molecular weight is 364 g/mol. The molecule has 0 spiro atoms. The summed E-state index contributed by atoms with van der Waals surface area (Å²) in [6.07, 6.45) is 2.79. The molecule has 7 nitrogen and oxygen atoms in total. The fourth-order valence-corrected chi connectivity index (χ4v) is 3.09. The van der Waals surface area contributed by atoms with E-state index in [0.717, 1.165) is 19.3 Å². The number of hydrogen-bond donors (Lipinski definition) is 1. The molecule has 1 aliphatic heterocycles. The molecule has 25 heavy (non-hydrogen) atoms. The lowest BCUT2D eigenvalue weighted by Gasteiger charge is -2.33. The van der Waals surface area contributed by atoms with Crippen molar-refractivity contribution < 1.29 is 9.32 Å². The highest BCUT2D eigenvalue weighted by atomic mass is 35.5. The van der Waals surface area contributed by atoms with Crippen molar-refractivity contribution in [2.24, 2.45) is 0 Å². The van der Waals surface area contributed by atoms with E-state index in [1.807, 2.05) is 20.8 Å². The number of hydrogen-bond acceptors (Lipinski definition) is 5. The summed E-state index contributed by atoms with van der Waals surface area (Å²) in [5, 5.41) is 7.34. The van der Waals surface area contributed by atoms with Gasteiger partial charge in [0.05, 0.1) is 11.4 Å². The minimum atomic E-state index is -0.200. The minimum absolute atomic E-state index is 0.186. The van der Waals surface area contributed by atoms with Crippen molar-refractivity contribution in [3.8, 4) is 0 Å². The van der Waals surface area contributed by atoms with Crippen molar-refractivity contribution >= 4 is 23.3 Å². The Hall–Kier alpha value is -2.15. The number of piperidine rings is 1. The van der Waals surface area contributed by atoms with E-state index in [1.54, 1.807) is 17.0 Å². The summed E-state index contributed by atoms with van der Waals surface area (Å²) in [5.74, 6) is 1.36. The van der Waals surface area contributed by atoms with Gasteiger partial charge in [0.1, 0.15) is 11.2 Å². The number of aryl methyl sites for hydroxylation is 1. The first kappa shape index (κ1) is 17.7. The quantitative estimate of drug-likeness (QED) is 0.821. The van der Waals surface area contributed by atoms with Gasteiger partial charge in [0, 0.05) is 12.5 Å². The van der Waals surface area contributed by atoms with E-state index < -0.39 is 0 Å². The number of nitrogens with zero attached hydrogens (tertiary/aromatic N) is 4. The van der Waals surface area contributed by atoms with Crippen LogP contribution >= 0.6 is 11.6 Å². The second kappa shape index (κ2) is 7.39. The second-order valence-electron chi connectivity index (χ2n) is 6.55. The number of nitrogens with one attached hydrogen (secondary N) is 1. The van der Waals surface area contributed by atoms with Gasteiger partial charge < -0.3 is 14.7 Å². The Kier molecular flexibility index (Phi) is 5.22. The van der Waals surface area contributed by atoms with Crippen LogP contribution < -0.4 is 5.32 Å². The van der Waals surface area contributed by atoms with Crippen LogP contribution in [0.4, 0.5) is 10.5 Å². The first-order valence-electron chi connectivity index (χ1n) is 8.50. The molecule has 0 aliphatic carbocycles. The molecule has 3 rings (SSSR count). The molecule has 0 radical (unpaired) electrons. The van der Waals surface area contributed by atoms with Crippen molar-refractivity contribution in [2.45, 2.75) is 52.0 Å². The van der Waals surface area contributed by atoms with Crippen molar-refractivity contribution in [1.29, 1.82) is 0 Å². The van der Waals surface area contributed by atoms with Crippen molar-refractivity contribution in [2.75, 3.05) is 11.9 Å². The van der Waals surface area contributed by atoms with Crippen molar-refractivity contribution in [3.63, 3.8) is 0 Å². The Bertz CT molecular complexity index is 761. The highest BCUT2D eigenvalue weighted by molar-refractivity contribution is 6.29. The fourth-order valence-electron chi connectivity index (χ4n) is 2.90. The van der Waals surface area contributed by atoms with E-state index in [1.165, 1.54) is 0 Å². The average Bonchev–Trinajstić information content (AvgIpc) is 3.07. The highest BCUT2D eigenvalue weighted by Gasteiger charge is 2.32. The molecular formula is C17H22ClN5O2. The monoisotopic (exact) mass is 363 g/mol. The maximum absolute atomic E-state index is 12.8. The normalized spacial score (nSPS) is 17.8. The predicted octanol–water partition coefficient (Wildman–Crippen LogP) is 4.31. The number of likely N-dealkylation sites (tertiary alicyclic amines) is 1. The molecule has 1 atom stereocenters. The van der Waals surface area contributed by atoms with Gasteiger partial charge in [-0.05, 0) is 38.3 Å². The molecule has 1 saturated heterocycles. The molecule has 0 aromatic carbocycles. The van der Waals surface area contributed by atoms with Crippen molar-refractivity contribution in [3.05, 3.63) is 34.7 Å². The third-order valence-corrected chi connectivity index (χ3v) is 4.53. The number of pyridine rings is 1. The molecule has 2 aromatic rings. The molecule has 0 bridgehead atoms. The van der Waals surface area contributed by atoms with E-state index in [0.29, 0.717) is 34.8 Å². The van der Waals surface area contributed by atoms with Crippen LogP contribution in [0.5, 0.6) is 0 Å². The van der Waals surface area contributed by atoms with Gasteiger partial charge in [-0.15, -0.1) is 0 Å². The number of rotatable bonds is 3. The Morgan fingerprint density at radius 1 is 1.36 bits per heavy atom. The van der Waals surface area contributed by atoms with Crippen LogP contribution in [0.2, 0.25) is 5.15 Å². The molecule has 8 heteroatoms. The van der Waals surface area contributed by atoms with E-state index in [2.05, 4.69) is 20.4 Å². The van der Waals surface area contributed by atoms with E-state index in [9.17, 15) is 4.79 Å². The molecule has 2 aromatic heterocycles. The number of carbonyl (C=O) groups is 1. The number of amides is 2. The lowest BCUT2D eigenvalue weighted by molar-refractivity contribution is 0.142. The molecule has 1 fully saturated rings. The third-order valence-electron chi connectivity index (χ3n) is 4.32. The van der Waals surface area contributed by atoms with Gasteiger partial charge in [-0.2, -0.15) is 4.98 Å². The molecule has 134 valence electrons. The second-order valence-corrected chi connectivity index (χ2v) is 6.93. The topological polar surface area (TPSA) is 84.2 Å². The number of aromatic nitrogens is 3. The van der Waals surface area contributed by atoms with Crippen LogP contribution in [-0.4, -0.2) is 32.6 Å². The molecule has 0 unspecified atom stereocenters. The summed E-state index contributed by atoms with van der Waals surface area (Å²) >= 11 is 5.87. The standard InChI is InChI=1S/C17H22ClN5O2/c1-10(2)15-21-16(25-22-15)13-6-4-5-9-23(13)17(24)20-12-7-8-14(18)19-11(12)3/h7-8,10,13H,4-6,9H2,1-3H3,(H,20,24)/t13-/m1/s1. The van der Waals surface area contributed by atoms with E-state index >= 15 is 0 Å². The van der Waals surface area contributed by atoms with Crippen molar-refractivity contribution in [1.82, 2.24) is 20.0 Å². The highest BCUT2D eigenvalue weighted by Crippen LogP contribution is 2.31. The predicted molar refractivity (Wildman–Crippen MR) is 94.7 cm³/mol. The largest absolute Gasteiger partial charge is 0.337 e. The Labute approximate surface area is 151 Å². The van der Waals surface area contributed by atoms with Gasteiger partial charge in [-0.1, -0.05) is 30.6 Å². The van der Waals surface area contributed by atoms with Crippen LogP contribution in [-0.2, 0) is 0 Å². The van der Waals surface area contributed by atoms with Crippen LogP contribution in [0.3, 0.4) is 0 Å². The maximum Gasteiger partial charge on any atom is 0.322 e. The van der Waals surface area contributed by atoms with E-state index in [4.69, 9.17) is 16.1 Å². The van der Waals surface area contributed by atoms with Crippen LogP contribution in [0.1, 0.15) is 62.5 Å². The lowest BCUT2D eigenvalue weighted by Crippen LogP contribution is -2.41. The Balaban J connectivity index is 1.78. The van der Waals surface area contributed by atoms with Gasteiger partial charge in [-0.3, -0.25) is 0 Å². The summed E-state index contributed by atoms with van der Waals surface area (Å²) in [5.41, 5.74) is 1.32. The van der Waals surface area contributed by atoms with Gasteiger partial charge in [0.2, 0.25) is 5.89 Å². The summed E-state index contributed by atoms with van der Waals surface area (Å²) in [4.78, 5) is 23.2. The summed E-state index contributed by atoms with van der Waals surface area (Å²) < 4.78 is 5.42. The summed E-state index contributed by atoms with van der Waals surface area (Å²) in [7, 11) is 0. The lowest BCUT2D eigenvalue weighted by atomic mass is 10.0. The number of urea groups is 1. The first-order valence-corrected chi connectivity index (χ1v) is 8.87. The van der Waals surface area contributed by atoms with Crippen LogP contribution in [0, 0.1) is 6.92 Å². The molecule has 0 saturated carbocycles. The van der Waals surface area contributed by atoms with Gasteiger partial charge in [0.25, 0.3) is 0 Å². The van der Waals surface area contributed by atoms with Gasteiger partial charge in [0.15, 0.2) is 5.82 Å². The maximum atomic E-state index is 12.8. The number of halogens is 1. The Morgan fingerprint density at radius 2 is 2.16 bits per heavy atom. The minimum Gasteiger partial charge on any atom is -0.337 e. The van der Waals surface area contributed by atoms with Gasteiger partial charge >= 0.3 is 6.03 Å². The summed E-state index contributed by atoms with van der Waals surface area (Å²) in [6.45, 7) is 6.48. The molecule has 3 heterocycles.